The number of aliphatic hydroxyl groups is 1. The Balaban J connectivity index is 2.15. The predicted molar refractivity (Wildman–Crippen MR) is 89.1 cm³/mol. The van der Waals surface area contributed by atoms with E-state index >= 15 is 0 Å². The molecule has 0 saturated carbocycles. The summed E-state index contributed by atoms with van der Waals surface area (Å²) >= 11 is 12.4. The molecule has 23 heavy (non-hydrogen) atoms. The fourth-order valence-corrected chi connectivity index (χ4v) is 2.89. The quantitative estimate of drug-likeness (QED) is 0.781. The van der Waals surface area contributed by atoms with E-state index in [0.29, 0.717) is 27.9 Å². The molecular formula is C16H13Cl2N3O2. The molecule has 0 aliphatic carbocycles. The summed E-state index contributed by atoms with van der Waals surface area (Å²) < 4.78 is 5.24. The van der Waals surface area contributed by atoms with Gasteiger partial charge in [0.05, 0.1) is 35.1 Å². The average molecular weight is 350 g/mol. The van der Waals surface area contributed by atoms with E-state index in [1.807, 2.05) is 18.2 Å². The number of aliphatic hydroxyl groups excluding tert-OH is 1. The molecule has 0 spiro atoms. The van der Waals surface area contributed by atoms with Crippen LogP contribution in [0.4, 0.5) is 0 Å². The number of hydrogen-bond acceptors (Lipinski definition) is 5. The van der Waals surface area contributed by atoms with Gasteiger partial charge in [-0.1, -0.05) is 23.2 Å². The van der Waals surface area contributed by atoms with Crippen LogP contribution in [0.25, 0.3) is 10.8 Å². The molecule has 118 valence electrons. The molecule has 5 nitrogen and oxygen atoms in total. The second-order valence-corrected chi connectivity index (χ2v) is 5.74. The molecule has 0 radical (unpaired) electrons. The van der Waals surface area contributed by atoms with Crippen LogP contribution in [-0.2, 0) is 13.0 Å². The Hall–Kier alpha value is -1.95. The van der Waals surface area contributed by atoms with Crippen LogP contribution in [0.1, 0.15) is 17.0 Å². The minimum atomic E-state index is -0.201. The summed E-state index contributed by atoms with van der Waals surface area (Å²) in [7, 11) is 1.59. The molecule has 0 fully saturated rings. The van der Waals surface area contributed by atoms with E-state index in [-0.39, 0.29) is 6.61 Å². The van der Waals surface area contributed by atoms with Gasteiger partial charge in [-0.05, 0) is 23.8 Å². The van der Waals surface area contributed by atoms with E-state index in [2.05, 4.69) is 15.2 Å². The average Bonchev–Trinajstić information content (AvgIpc) is 2.57. The highest BCUT2D eigenvalue weighted by Gasteiger charge is 2.14. The van der Waals surface area contributed by atoms with Gasteiger partial charge in [0.2, 0.25) is 0 Å². The molecule has 0 aliphatic heterocycles. The normalized spacial score (nSPS) is 11.0. The molecule has 1 aromatic carbocycles. The van der Waals surface area contributed by atoms with Crippen molar-refractivity contribution in [3.05, 3.63) is 57.6 Å². The smallest absolute Gasteiger partial charge is 0.119 e. The predicted octanol–water partition coefficient (Wildman–Crippen LogP) is 3.42. The zero-order valence-electron chi connectivity index (χ0n) is 12.3. The lowest BCUT2D eigenvalue weighted by molar-refractivity contribution is 0.277. The summed E-state index contributed by atoms with van der Waals surface area (Å²) in [6.45, 7) is -0.201. The van der Waals surface area contributed by atoms with E-state index in [1.54, 1.807) is 19.5 Å². The van der Waals surface area contributed by atoms with Gasteiger partial charge in [0.1, 0.15) is 5.75 Å². The third kappa shape index (κ3) is 3.08. The Kier molecular flexibility index (Phi) is 4.61. The number of rotatable bonds is 4. The third-order valence-electron chi connectivity index (χ3n) is 3.59. The number of benzene rings is 1. The molecule has 1 N–H and O–H groups in total. The largest absolute Gasteiger partial charge is 0.497 e. The highest BCUT2D eigenvalue weighted by Crippen LogP contribution is 2.30. The van der Waals surface area contributed by atoms with Crippen molar-refractivity contribution < 1.29 is 9.84 Å². The number of hydrogen-bond donors (Lipinski definition) is 1. The number of methoxy groups -OCH3 is 1. The number of halogens is 2. The Morgan fingerprint density at radius 2 is 1.74 bits per heavy atom. The first-order chi connectivity index (χ1) is 11.1. The first-order valence-corrected chi connectivity index (χ1v) is 7.60. The Bertz CT molecular complexity index is 851. The molecule has 0 bridgehead atoms. The van der Waals surface area contributed by atoms with Gasteiger partial charge < -0.3 is 9.84 Å². The summed E-state index contributed by atoms with van der Waals surface area (Å²) in [5, 5.41) is 20.4. The van der Waals surface area contributed by atoms with Crippen molar-refractivity contribution >= 4 is 34.0 Å². The number of fused-ring (bicyclic) bond motifs is 1. The topological polar surface area (TPSA) is 68.1 Å². The van der Waals surface area contributed by atoms with Crippen LogP contribution in [-0.4, -0.2) is 27.4 Å². The molecule has 0 aliphatic rings. The van der Waals surface area contributed by atoms with Crippen LogP contribution < -0.4 is 4.74 Å². The van der Waals surface area contributed by atoms with Gasteiger partial charge in [-0.15, -0.1) is 0 Å². The molecule has 3 rings (SSSR count). The molecule has 0 atom stereocenters. The highest BCUT2D eigenvalue weighted by molar-refractivity contribution is 6.35. The van der Waals surface area contributed by atoms with Gasteiger partial charge in [0.25, 0.3) is 0 Å². The number of ether oxygens (including phenoxy) is 1. The first kappa shape index (κ1) is 15.9. The number of pyridine rings is 1. The second kappa shape index (κ2) is 6.66. The first-order valence-electron chi connectivity index (χ1n) is 6.85. The SMILES string of the molecule is COc1ccc2c(Cc3c(Cl)cncc3Cl)nnc(CO)c2c1. The van der Waals surface area contributed by atoms with Crippen LogP contribution in [0, 0.1) is 0 Å². The lowest BCUT2D eigenvalue weighted by atomic mass is 10.0. The Labute approximate surface area is 142 Å². The lowest BCUT2D eigenvalue weighted by Gasteiger charge is -2.11. The van der Waals surface area contributed by atoms with Crippen molar-refractivity contribution in [1.82, 2.24) is 15.2 Å². The molecule has 3 aromatic rings. The van der Waals surface area contributed by atoms with E-state index in [0.717, 1.165) is 22.0 Å². The van der Waals surface area contributed by atoms with E-state index < -0.39 is 0 Å². The van der Waals surface area contributed by atoms with Crippen molar-refractivity contribution in [1.29, 1.82) is 0 Å². The van der Waals surface area contributed by atoms with E-state index in [9.17, 15) is 5.11 Å². The molecule has 2 aromatic heterocycles. The van der Waals surface area contributed by atoms with Crippen LogP contribution >= 0.6 is 23.2 Å². The Morgan fingerprint density at radius 3 is 2.39 bits per heavy atom. The number of aromatic nitrogens is 3. The molecule has 0 unspecified atom stereocenters. The van der Waals surface area contributed by atoms with Gasteiger partial charge in [-0.3, -0.25) is 4.98 Å². The summed E-state index contributed by atoms with van der Waals surface area (Å²) in [4.78, 5) is 3.95. The highest BCUT2D eigenvalue weighted by atomic mass is 35.5. The van der Waals surface area contributed by atoms with Gasteiger partial charge in [0, 0.05) is 29.6 Å². The fraction of sp³-hybridized carbons (Fsp3) is 0.188. The van der Waals surface area contributed by atoms with E-state index in [1.165, 1.54) is 0 Å². The van der Waals surface area contributed by atoms with Crippen LogP contribution in [0.2, 0.25) is 10.0 Å². The maximum Gasteiger partial charge on any atom is 0.119 e. The molecule has 7 heteroatoms. The maximum atomic E-state index is 9.47. The van der Waals surface area contributed by atoms with Crippen molar-refractivity contribution in [2.45, 2.75) is 13.0 Å². The minimum absolute atomic E-state index is 0.201. The molecular weight excluding hydrogens is 337 g/mol. The van der Waals surface area contributed by atoms with Crippen LogP contribution in [0.15, 0.2) is 30.6 Å². The van der Waals surface area contributed by atoms with Crippen LogP contribution in [0.5, 0.6) is 5.75 Å². The fourth-order valence-electron chi connectivity index (χ4n) is 2.39. The van der Waals surface area contributed by atoms with Crippen molar-refractivity contribution in [3.63, 3.8) is 0 Å². The van der Waals surface area contributed by atoms with Crippen molar-refractivity contribution in [2.24, 2.45) is 0 Å². The zero-order chi connectivity index (χ0) is 16.4. The van der Waals surface area contributed by atoms with Gasteiger partial charge in [-0.2, -0.15) is 10.2 Å². The molecule has 2 heterocycles. The maximum absolute atomic E-state index is 9.47. The molecule has 0 amide bonds. The lowest BCUT2D eigenvalue weighted by Crippen LogP contribution is -2.03. The van der Waals surface area contributed by atoms with Crippen molar-refractivity contribution in [2.75, 3.05) is 7.11 Å². The second-order valence-electron chi connectivity index (χ2n) is 4.92. The minimum Gasteiger partial charge on any atom is -0.497 e. The summed E-state index contributed by atoms with van der Waals surface area (Å²) in [6, 6.07) is 5.56. The van der Waals surface area contributed by atoms with Gasteiger partial charge in [0.15, 0.2) is 0 Å². The number of nitrogens with zero attached hydrogens (tertiary/aromatic N) is 3. The summed E-state index contributed by atoms with van der Waals surface area (Å²) in [6.07, 6.45) is 3.51. The van der Waals surface area contributed by atoms with Crippen LogP contribution in [0.3, 0.4) is 0 Å². The monoisotopic (exact) mass is 349 g/mol. The zero-order valence-corrected chi connectivity index (χ0v) is 13.8. The van der Waals surface area contributed by atoms with Crippen molar-refractivity contribution in [3.8, 4) is 5.75 Å². The standard InChI is InChI=1S/C16H13Cl2N3O2/c1-23-9-2-3-10-11(4-9)16(8-22)21-20-15(10)5-12-13(17)6-19-7-14(12)18/h2-4,6-7,22H,5,8H2,1H3. The van der Waals surface area contributed by atoms with Gasteiger partial charge >= 0.3 is 0 Å². The van der Waals surface area contributed by atoms with E-state index in [4.69, 9.17) is 27.9 Å². The van der Waals surface area contributed by atoms with Gasteiger partial charge in [-0.25, -0.2) is 0 Å². The summed E-state index contributed by atoms with van der Waals surface area (Å²) in [5.41, 5.74) is 1.95. The third-order valence-corrected chi connectivity index (χ3v) is 4.24. The summed E-state index contributed by atoms with van der Waals surface area (Å²) in [5.74, 6) is 0.686. The molecule has 0 saturated heterocycles. The Morgan fingerprint density at radius 1 is 1.04 bits per heavy atom.